The monoisotopic (exact) mass is 371 g/mol. The number of likely N-dealkylation sites (N-methyl/N-ethyl adjacent to an activating group) is 1. The van der Waals surface area contributed by atoms with E-state index in [2.05, 4.69) is 27.6 Å². The van der Waals surface area contributed by atoms with Crippen LogP contribution < -0.4 is 4.72 Å². The molecule has 0 atom stereocenters. The summed E-state index contributed by atoms with van der Waals surface area (Å²) in [5, 5.41) is 0. The van der Waals surface area contributed by atoms with Crippen LogP contribution >= 0.6 is 12.4 Å². The van der Waals surface area contributed by atoms with Gasteiger partial charge in [0.2, 0.25) is 10.0 Å². The van der Waals surface area contributed by atoms with Crippen LogP contribution in [0.4, 0.5) is 0 Å². The van der Waals surface area contributed by atoms with Gasteiger partial charge in [0.15, 0.2) is 0 Å². The van der Waals surface area contributed by atoms with E-state index in [1.54, 1.807) is 0 Å². The van der Waals surface area contributed by atoms with Crippen molar-refractivity contribution in [1.82, 2.24) is 14.5 Å². The van der Waals surface area contributed by atoms with Crippen LogP contribution in [0.5, 0.6) is 0 Å². The van der Waals surface area contributed by atoms with E-state index in [-0.39, 0.29) is 12.4 Å². The van der Waals surface area contributed by atoms with Gasteiger partial charge >= 0.3 is 0 Å². The Kier molecular flexibility index (Phi) is 6.83. The van der Waals surface area contributed by atoms with Crippen molar-refractivity contribution in [2.24, 2.45) is 0 Å². The number of fused-ring (bicyclic) bond motifs is 1. The first-order chi connectivity index (χ1) is 11.0. The van der Waals surface area contributed by atoms with E-state index < -0.39 is 10.0 Å². The highest BCUT2D eigenvalue weighted by Gasteiger charge is 2.22. The molecular formula is C17H26ClN3O2S. The molecule has 0 bridgehead atoms. The van der Waals surface area contributed by atoms with Gasteiger partial charge in [0.1, 0.15) is 0 Å². The number of allylic oxidation sites excluding steroid dienone is 1. The summed E-state index contributed by atoms with van der Waals surface area (Å²) in [5.74, 6) is 0. The summed E-state index contributed by atoms with van der Waals surface area (Å²) in [6.45, 7) is 5.37. The molecular weight excluding hydrogens is 346 g/mol. The lowest BCUT2D eigenvalue weighted by atomic mass is 9.98. The van der Waals surface area contributed by atoms with Crippen LogP contribution in [0.1, 0.15) is 17.5 Å². The first-order valence-electron chi connectivity index (χ1n) is 8.24. The summed E-state index contributed by atoms with van der Waals surface area (Å²) in [5.41, 5.74) is 2.25. The molecule has 1 N–H and O–H groups in total. The lowest BCUT2D eigenvalue weighted by Gasteiger charge is -2.32. The maximum atomic E-state index is 12.5. The summed E-state index contributed by atoms with van der Waals surface area (Å²) < 4.78 is 27.7. The third-order valence-electron chi connectivity index (χ3n) is 4.67. The van der Waals surface area contributed by atoms with Crippen LogP contribution in [0.15, 0.2) is 29.2 Å². The van der Waals surface area contributed by atoms with E-state index in [1.807, 2.05) is 24.3 Å². The number of benzene rings is 1. The number of aryl methyl sites for hydroxylation is 1. The Balaban J connectivity index is 0.00000208. The Morgan fingerprint density at radius 2 is 1.79 bits per heavy atom. The van der Waals surface area contributed by atoms with Crippen molar-refractivity contribution in [2.75, 3.05) is 46.3 Å². The largest absolute Gasteiger partial charge is 0.304 e. The van der Waals surface area contributed by atoms with Crippen LogP contribution in [-0.4, -0.2) is 64.5 Å². The molecule has 7 heteroatoms. The summed E-state index contributed by atoms with van der Waals surface area (Å²) >= 11 is 0. The Hall–Kier alpha value is -0.920. The van der Waals surface area contributed by atoms with Crippen molar-refractivity contribution < 1.29 is 8.42 Å². The van der Waals surface area contributed by atoms with Gasteiger partial charge in [0.25, 0.3) is 0 Å². The molecule has 1 aromatic rings. The van der Waals surface area contributed by atoms with E-state index in [9.17, 15) is 8.42 Å². The Morgan fingerprint density at radius 3 is 2.54 bits per heavy atom. The molecule has 0 saturated carbocycles. The highest BCUT2D eigenvalue weighted by Crippen LogP contribution is 2.26. The molecule has 1 heterocycles. The molecule has 0 radical (unpaired) electrons. The predicted molar refractivity (Wildman–Crippen MR) is 101 cm³/mol. The van der Waals surface area contributed by atoms with Gasteiger partial charge in [-0.05, 0) is 37.1 Å². The van der Waals surface area contributed by atoms with Crippen LogP contribution in [-0.2, 0) is 16.4 Å². The SMILES string of the molecule is CN1CCN(CCNS(=O)(=O)C2=Cc3ccccc3CC2)CC1.Cl. The second-order valence-corrected chi connectivity index (χ2v) is 8.17. The minimum Gasteiger partial charge on any atom is -0.304 e. The fourth-order valence-corrected chi connectivity index (χ4v) is 4.32. The van der Waals surface area contributed by atoms with E-state index in [1.165, 1.54) is 5.56 Å². The maximum absolute atomic E-state index is 12.5. The summed E-state index contributed by atoms with van der Waals surface area (Å²) in [7, 11) is -1.25. The number of hydrogen-bond acceptors (Lipinski definition) is 4. The zero-order valence-corrected chi connectivity index (χ0v) is 15.7. The van der Waals surface area contributed by atoms with E-state index in [4.69, 9.17) is 0 Å². The minimum absolute atomic E-state index is 0. The molecule has 1 aliphatic heterocycles. The van der Waals surface area contributed by atoms with Crippen LogP contribution in [0.2, 0.25) is 0 Å². The van der Waals surface area contributed by atoms with Gasteiger partial charge in [-0.3, -0.25) is 4.90 Å². The smallest absolute Gasteiger partial charge is 0.236 e. The number of piperazine rings is 1. The molecule has 1 aliphatic carbocycles. The van der Waals surface area contributed by atoms with Gasteiger partial charge < -0.3 is 4.90 Å². The van der Waals surface area contributed by atoms with Gasteiger partial charge in [-0.1, -0.05) is 24.3 Å². The number of rotatable bonds is 5. The molecule has 3 rings (SSSR count). The van der Waals surface area contributed by atoms with Crippen molar-refractivity contribution in [3.63, 3.8) is 0 Å². The third-order valence-corrected chi connectivity index (χ3v) is 6.27. The lowest BCUT2D eigenvalue weighted by Crippen LogP contribution is -2.47. The van der Waals surface area contributed by atoms with Crippen molar-refractivity contribution in [3.05, 3.63) is 40.3 Å². The number of halogens is 1. The van der Waals surface area contributed by atoms with Crippen molar-refractivity contribution >= 4 is 28.5 Å². The Labute approximate surface area is 151 Å². The topological polar surface area (TPSA) is 52.6 Å². The number of nitrogens with zero attached hydrogens (tertiary/aromatic N) is 2. The van der Waals surface area contributed by atoms with Crippen LogP contribution in [0, 0.1) is 0 Å². The van der Waals surface area contributed by atoms with E-state index >= 15 is 0 Å². The van der Waals surface area contributed by atoms with E-state index in [0.717, 1.165) is 44.7 Å². The van der Waals surface area contributed by atoms with Crippen molar-refractivity contribution in [2.45, 2.75) is 12.8 Å². The summed E-state index contributed by atoms with van der Waals surface area (Å²) in [4.78, 5) is 5.12. The molecule has 1 fully saturated rings. The lowest BCUT2D eigenvalue weighted by molar-refractivity contribution is 0.156. The Morgan fingerprint density at radius 1 is 1.08 bits per heavy atom. The van der Waals surface area contributed by atoms with Crippen LogP contribution in [0.3, 0.4) is 0 Å². The van der Waals surface area contributed by atoms with E-state index in [0.29, 0.717) is 17.9 Å². The highest BCUT2D eigenvalue weighted by atomic mass is 35.5. The first-order valence-corrected chi connectivity index (χ1v) is 9.72. The zero-order chi connectivity index (χ0) is 16.3. The quantitative estimate of drug-likeness (QED) is 0.853. The molecule has 24 heavy (non-hydrogen) atoms. The molecule has 2 aliphatic rings. The average molecular weight is 372 g/mol. The second kappa shape index (κ2) is 8.45. The summed E-state index contributed by atoms with van der Waals surface area (Å²) in [6.07, 6.45) is 3.19. The van der Waals surface area contributed by atoms with Crippen molar-refractivity contribution in [1.29, 1.82) is 0 Å². The average Bonchev–Trinajstić information content (AvgIpc) is 2.56. The first kappa shape index (κ1) is 19.4. The molecule has 5 nitrogen and oxygen atoms in total. The van der Waals surface area contributed by atoms with Gasteiger partial charge in [0.05, 0.1) is 4.91 Å². The summed E-state index contributed by atoms with van der Waals surface area (Å²) in [6, 6.07) is 8.00. The molecule has 0 unspecified atom stereocenters. The molecule has 1 saturated heterocycles. The number of nitrogens with one attached hydrogen (secondary N) is 1. The number of hydrogen-bond donors (Lipinski definition) is 1. The minimum atomic E-state index is -3.36. The fraction of sp³-hybridized carbons (Fsp3) is 0.529. The van der Waals surface area contributed by atoms with Crippen LogP contribution in [0.25, 0.3) is 6.08 Å². The molecule has 134 valence electrons. The Bertz CT molecular complexity index is 683. The highest BCUT2D eigenvalue weighted by molar-refractivity contribution is 7.93. The molecule has 1 aromatic carbocycles. The van der Waals surface area contributed by atoms with Gasteiger partial charge in [0, 0.05) is 39.3 Å². The normalized spacial score (nSPS) is 19.3. The zero-order valence-electron chi connectivity index (χ0n) is 14.1. The standard InChI is InChI=1S/C17H25N3O2S.ClH/c1-19-10-12-20(13-11-19)9-8-18-23(21,22)17-7-6-15-4-2-3-5-16(15)14-17;/h2-5,14,18H,6-13H2,1H3;1H. The predicted octanol–water partition coefficient (Wildman–Crippen LogP) is 1.56. The fourth-order valence-electron chi connectivity index (χ4n) is 3.12. The molecule has 0 amide bonds. The molecule has 0 spiro atoms. The third kappa shape index (κ3) is 4.80. The second-order valence-electron chi connectivity index (χ2n) is 6.35. The number of sulfonamides is 1. The van der Waals surface area contributed by atoms with Crippen molar-refractivity contribution in [3.8, 4) is 0 Å². The molecule has 0 aromatic heterocycles. The maximum Gasteiger partial charge on any atom is 0.236 e. The van der Waals surface area contributed by atoms with Gasteiger partial charge in [-0.2, -0.15) is 0 Å². The van der Waals surface area contributed by atoms with Gasteiger partial charge in [-0.15, -0.1) is 12.4 Å². The van der Waals surface area contributed by atoms with Gasteiger partial charge in [-0.25, -0.2) is 13.1 Å².